The van der Waals surface area contributed by atoms with E-state index in [-0.39, 0.29) is 5.54 Å². The summed E-state index contributed by atoms with van der Waals surface area (Å²) in [5.74, 6) is 0. The summed E-state index contributed by atoms with van der Waals surface area (Å²) in [5.41, 5.74) is 6.51. The van der Waals surface area contributed by atoms with Crippen LogP contribution in [0.25, 0.3) is 0 Å². The summed E-state index contributed by atoms with van der Waals surface area (Å²) in [5, 5.41) is 11.5. The highest BCUT2D eigenvalue weighted by Gasteiger charge is 2.09. The van der Waals surface area contributed by atoms with Crippen molar-refractivity contribution in [1.29, 1.82) is 0 Å². The third-order valence-electron chi connectivity index (χ3n) is 1.98. The molecule has 1 heterocycles. The molecule has 86 valence electrons. The minimum atomic E-state index is 0.112. The fraction of sp³-hybridized carbons (Fsp3) is 0.800. The maximum absolute atomic E-state index is 5.43. The number of aryl methyl sites for hydroxylation is 1. The highest BCUT2D eigenvalue weighted by Crippen LogP contribution is 2.01. The van der Waals surface area contributed by atoms with Gasteiger partial charge >= 0.3 is 0 Å². The summed E-state index contributed by atoms with van der Waals surface area (Å²) in [6, 6.07) is 0. The van der Waals surface area contributed by atoms with Gasteiger partial charge in [-0.3, -0.25) is 4.68 Å². The van der Waals surface area contributed by atoms with Crippen LogP contribution < -0.4 is 11.1 Å². The van der Waals surface area contributed by atoms with Crippen molar-refractivity contribution < 1.29 is 0 Å². The Morgan fingerprint density at radius 2 is 2.20 bits per heavy atom. The second-order valence-corrected chi connectivity index (χ2v) is 4.72. The lowest BCUT2D eigenvalue weighted by atomic mass is 10.1. The van der Waals surface area contributed by atoms with Crippen molar-refractivity contribution in [2.75, 3.05) is 6.54 Å². The van der Waals surface area contributed by atoms with Crippen LogP contribution in [0.2, 0.25) is 0 Å². The van der Waals surface area contributed by atoms with Gasteiger partial charge in [0.25, 0.3) is 0 Å². The zero-order valence-electron chi connectivity index (χ0n) is 9.82. The number of nitrogens with two attached hydrogens (primary N) is 1. The number of hydrogen-bond donors (Lipinski definition) is 2. The van der Waals surface area contributed by atoms with Gasteiger partial charge in [0.1, 0.15) is 0 Å². The molecule has 1 aromatic rings. The second kappa shape index (κ2) is 5.23. The van der Waals surface area contributed by atoms with E-state index in [2.05, 4.69) is 36.4 Å². The maximum atomic E-state index is 5.43. The quantitative estimate of drug-likeness (QED) is 0.745. The number of nitrogens with one attached hydrogen (secondary N) is 1. The van der Waals surface area contributed by atoms with Crippen LogP contribution in [-0.2, 0) is 13.1 Å². The first kappa shape index (κ1) is 12.1. The molecule has 0 aliphatic carbocycles. The summed E-state index contributed by atoms with van der Waals surface area (Å²) in [6.07, 6.45) is 2.91. The van der Waals surface area contributed by atoms with Crippen molar-refractivity contribution in [3.05, 3.63) is 11.9 Å². The molecule has 0 unspecified atom stereocenters. The van der Waals surface area contributed by atoms with Crippen LogP contribution in [0.5, 0.6) is 0 Å². The molecule has 0 atom stereocenters. The van der Waals surface area contributed by atoms with Crippen molar-refractivity contribution in [3.63, 3.8) is 0 Å². The lowest BCUT2D eigenvalue weighted by molar-refractivity contribution is 0.421. The first-order valence-electron chi connectivity index (χ1n) is 5.35. The van der Waals surface area contributed by atoms with Crippen LogP contribution in [0, 0.1) is 0 Å². The van der Waals surface area contributed by atoms with Crippen LogP contribution in [0.3, 0.4) is 0 Å². The highest BCUT2D eigenvalue weighted by molar-refractivity contribution is 4.92. The van der Waals surface area contributed by atoms with Crippen LogP contribution in [0.15, 0.2) is 6.20 Å². The Morgan fingerprint density at radius 1 is 1.47 bits per heavy atom. The Morgan fingerprint density at radius 3 is 2.80 bits per heavy atom. The number of nitrogens with zero attached hydrogens (tertiary/aromatic N) is 3. The summed E-state index contributed by atoms with van der Waals surface area (Å²) in [4.78, 5) is 0. The van der Waals surface area contributed by atoms with Crippen LogP contribution in [0.4, 0.5) is 0 Å². The van der Waals surface area contributed by atoms with Crippen LogP contribution in [-0.4, -0.2) is 27.1 Å². The molecule has 1 rings (SSSR count). The van der Waals surface area contributed by atoms with E-state index in [9.17, 15) is 0 Å². The third-order valence-corrected chi connectivity index (χ3v) is 1.98. The van der Waals surface area contributed by atoms with E-state index >= 15 is 0 Å². The van der Waals surface area contributed by atoms with E-state index in [1.165, 1.54) is 0 Å². The fourth-order valence-corrected chi connectivity index (χ4v) is 1.14. The van der Waals surface area contributed by atoms with Gasteiger partial charge in [-0.25, -0.2) is 0 Å². The number of rotatable bonds is 5. The van der Waals surface area contributed by atoms with Gasteiger partial charge < -0.3 is 11.1 Å². The predicted octanol–water partition coefficient (Wildman–Crippen LogP) is 0.515. The Balaban J connectivity index is 2.39. The van der Waals surface area contributed by atoms with Crippen molar-refractivity contribution in [1.82, 2.24) is 20.3 Å². The number of aromatic nitrogens is 3. The summed E-state index contributed by atoms with van der Waals surface area (Å²) < 4.78 is 1.84. The minimum Gasteiger partial charge on any atom is -0.330 e. The molecule has 5 heteroatoms. The molecule has 1 aromatic heterocycles. The lowest BCUT2D eigenvalue weighted by Gasteiger charge is -2.19. The zero-order valence-corrected chi connectivity index (χ0v) is 9.82. The Bertz CT molecular complexity index is 286. The Kier molecular flexibility index (Phi) is 4.23. The average molecular weight is 211 g/mol. The van der Waals surface area contributed by atoms with E-state index in [1.54, 1.807) is 0 Å². The first-order valence-corrected chi connectivity index (χ1v) is 5.35. The van der Waals surface area contributed by atoms with Crippen LogP contribution in [0.1, 0.15) is 32.9 Å². The van der Waals surface area contributed by atoms with Gasteiger partial charge in [0, 0.05) is 24.8 Å². The molecule has 0 spiro atoms. The van der Waals surface area contributed by atoms with Crippen molar-refractivity contribution >= 4 is 0 Å². The van der Waals surface area contributed by atoms with Gasteiger partial charge in [0.2, 0.25) is 0 Å². The predicted molar refractivity (Wildman–Crippen MR) is 60.3 cm³/mol. The smallest absolute Gasteiger partial charge is 0.0965 e. The normalized spacial score (nSPS) is 12.0. The molecule has 0 radical (unpaired) electrons. The van der Waals surface area contributed by atoms with Crippen molar-refractivity contribution in [2.45, 2.75) is 45.8 Å². The van der Waals surface area contributed by atoms with Gasteiger partial charge in [0.05, 0.1) is 5.69 Å². The standard InChI is InChI=1S/C10H21N5/c1-10(2,3)12-7-9-8-15(14-13-9)6-4-5-11/h8,12H,4-7,11H2,1-3H3. The molecular weight excluding hydrogens is 190 g/mol. The molecule has 0 bridgehead atoms. The average Bonchev–Trinajstić information content (AvgIpc) is 2.58. The van der Waals surface area contributed by atoms with Gasteiger partial charge in [0.15, 0.2) is 0 Å². The SMILES string of the molecule is CC(C)(C)NCc1cn(CCCN)nn1. The van der Waals surface area contributed by atoms with Gasteiger partial charge in [-0.1, -0.05) is 5.21 Å². The monoisotopic (exact) mass is 211 g/mol. The molecule has 0 aliphatic rings. The molecular formula is C10H21N5. The summed E-state index contributed by atoms with van der Waals surface area (Å²) in [7, 11) is 0. The van der Waals surface area contributed by atoms with Crippen molar-refractivity contribution in [3.8, 4) is 0 Å². The third kappa shape index (κ3) is 4.90. The molecule has 0 aromatic carbocycles. The summed E-state index contributed by atoms with van der Waals surface area (Å²) in [6.45, 7) is 8.68. The van der Waals surface area contributed by atoms with Gasteiger partial charge in [-0.15, -0.1) is 5.10 Å². The van der Waals surface area contributed by atoms with Crippen molar-refractivity contribution in [2.24, 2.45) is 5.73 Å². The van der Waals surface area contributed by atoms with E-state index in [4.69, 9.17) is 5.73 Å². The highest BCUT2D eigenvalue weighted by atomic mass is 15.4. The van der Waals surface area contributed by atoms with E-state index in [1.807, 2.05) is 10.9 Å². The summed E-state index contributed by atoms with van der Waals surface area (Å²) >= 11 is 0. The molecule has 5 nitrogen and oxygen atoms in total. The minimum absolute atomic E-state index is 0.112. The lowest BCUT2D eigenvalue weighted by Crippen LogP contribution is -2.35. The molecule has 0 amide bonds. The van der Waals surface area contributed by atoms with E-state index < -0.39 is 0 Å². The molecule has 0 saturated carbocycles. The zero-order chi connectivity index (χ0) is 11.3. The molecule has 0 fully saturated rings. The fourth-order valence-electron chi connectivity index (χ4n) is 1.14. The molecule has 0 aliphatic heterocycles. The van der Waals surface area contributed by atoms with Crippen LogP contribution >= 0.6 is 0 Å². The number of hydrogen-bond acceptors (Lipinski definition) is 4. The molecule has 15 heavy (non-hydrogen) atoms. The van der Waals surface area contributed by atoms with E-state index in [0.717, 1.165) is 25.2 Å². The Labute approximate surface area is 91.0 Å². The molecule has 3 N–H and O–H groups in total. The Hall–Kier alpha value is -0.940. The molecule has 0 saturated heterocycles. The maximum Gasteiger partial charge on any atom is 0.0965 e. The van der Waals surface area contributed by atoms with Gasteiger partial charge in [-0.2, -0.15) is 0 Å². The largest absolute Gasteiger partial charge is 0.330 e. The topological polar surface area (TPSA) is 68.8 Å². The van der Waals surface area contributed by atoms with E-state index in [0.29, 0.717) is 6.54 Å². The van der Waals surface area contributed by atoms with Gasteiger partial charge in [-0.05, 0) is 33.7 Å². The second-order valence-electron chi connectivity index (χ2n) is 4.72. The first-order chi connectivity index (χ1) is 7.01.